The van der Waals surface area contributed by atoms with Crippen molar-refractivity contribution in [2.75, 3.05) is 0 Å². The molecule has 0 radical (unpaired) electrons. The molecule has 4 nitrogen and oxygen atoms in total. The summed E-state index contributed by atoms with van der Waals surface area (Å²) in [6.45, 7) is 4.00. The molecule has 1 aromatic rings. The lowest BCUT2D eigenvalue weighted by Gasteiger charge is -2.10. The van der Waals surface area contributed by atoms with Gasteiger partial charge in [0, 0.05) is 0 Å². The van der Waals surface area contributed by atoms with E-state index in [1.807, 2.05) is 13.8 Å². The van der Waals surface area contributed by atoms with Crippen LogP contribution in [0, 0.1) is 62.7 Å². The lowest BCUT2D eigenvalue weighted by Crippen LogP contribution is -2.14. The summed E-state index contributed by atoms with van der Waals surface area (Å²) in [5.74, 6) is -9.97. The monoisotopic (exact) mass is 296 g/mol. The molecule has 8 heteroatoms. The third-order valence-corrected chi connectivity index (χ3v) is 2.21. The summed E-state index contributed by atoms with van der Waals surface area (Å²) in [4.78, 5) is 0. The van der Waals surface area contributed by atoms with Crippen LogP contribution in [-0.2, 0) is 0 Å². The highest BCUT2D eigenvalue weighted by atomic mass is 19.2. The molecular formula is C13H8F4N4. The van der Waals surface area contributed by atoms with Crippen LogP contribution in [0.25, 0.3) is 0 Å². The van der Waals surface area contributed by atoms with Gasteiger partial charge in [-0.15, -0.1) is 0 Å². The van der Waals surface area contributed by atoms with E-state index in [9.17, 15) is 17.6 Å². The van der Waals surface area contributed by atoms with Crippen LogP contribution in [0.3, 0.4) is 0 Å². The fourth-order valence-corrected chi connectivity index (χ4v) is 1.34. The van der Waals surface area contributed by atoms with E-state index < -0.39 is 46.0 Å². The summed E-state index contributed by atoms with van der Waals surface area (Å²) in [5, 5.41) is 32.2. The van der Waals surface area contributed by atoms with Gasteiger partial charge in [-0.2, -0.15) is 15.8 Å². The predicted octanol–water partition coefficient (Wildman–Crippen LogP) is 3.29. The van der Waals surface area contributed by atoms with E-state index in [-0.39, 0.29) is 0 Å². The molecule has 0 spiro atoms. The summed E-state index contributed by atoms with van der Waals surface area (Å²) < 4.78 is 54.0. The maximum absolute atomic E-state index is 13.5. The summed E-state index contributed by atoms with van der Waals surface area (Å²) in [7, 11) is 0. The van der Waals surface area contributed by atoms with Gasteiger partial charge in [-0.25, -0.2) is 17.6 Å². The van der Waals surface area contributed by atoms with Crippen LogP contribution in [0.15, 0.2) is 0 Å². The van der Waals surface area contributed by atoms with Gasteiger partial charge in [0.15, 0.2) is 29.2 Å². The van der Waals surface area contributed by atoms with Crippen molar-refractivity contribution in [2.45, 2.75) is 19.8 Å². The molecule has 21 heavy (non-hydrogen) atoms. The van der Waals surface area contributed by atoms with Crippen LogP contribution in [0.5, 0.6) is 0 Å². The van der Waals surface area contributed by atoms with Crippen molar-refractivity contribution >= 4 is 5.71 Å². The highest BCUT2D eigenvalue weighted by molar-refractivity contribution is 6.09. The average molecular weight is 296 g/mol. The number of nitriles is 3. The molecule has 1 N–H and O–H groups in total. The predicted molar refractivity (Wildman–Crippen MR) is 64.0 cm³/mol. The molecular weight excluding hydrogens is 288 g/mol. The number of nitrogens with zero attached hydrogens (tertiary/aromatic N) is 3. The lowest BCUT2D eigenvalue weighted by molar-refractivity contribution is 0.437. The Bertz CT molecular complexity index is 649. The van der Waals surface area contributed by atoms with Gasteiger partial charge >= 0.3 is 0 Å². The molecule has 1 rings (SSSR count). The van der Waals surface area contributed by atoms with E-state index in [0.717, 1.165) is 6.07 Å². The number of hydrogen-bond donors (Lipinski definition) is 1. The number of halogens is 4. The van der Waals surface area contributed by atoms with Crippen molar-refractivity contribution in [2.24, 2.45) is 0 Å². The van der Waals surface area contributed by atoms with E-state index in [1.165, 1.54) is 12.1 Å². The second kappa shape index (κ2) is 7.62. The molecule has 0 heterocycles. The van der Waals surface area contributed by atoms with Crippen molar-refractivity contribution in [1.82, 2.24) is 0 Å². The van der Waals surface area contributed by atoms with Crippen molar-refractivity contribution in [3.8, 4) is 18.2 Å². The molecule has 0 saturated heterocycles. The first-order valence-corrected chi connectivity index (χ1v) is 5.54. The highest BCUT2D eigenvalue weighted by Gasteiger charge is 2.31. The normalized spacial score (nSPS) is 8.95. The fraction of sp³-hybridized carbons (Fsp3) is 0.231. The first-order chi connectivity index (χ1) is 9.90. The van der Waals surface area contributed by atoms with Gasteiger partial charge in [0.25, 0.3) is 0 Å². The molecule has 0 aromatic heterocycles. The van der Waals surface area contributed by atoms with E-state index in [1.54, 1.807) is 0 Å². The first kappa shape index (κ1) is 18.1. The Morgan fingerprint density at radius 3 is 1.57 bits per heavy atom. The molecule has 0 fully saturated rings. The summed E-state index contributed by atoms with van der Waals surface area (Å²) in [5.41, 5.74) is -4.17. The Kier molecular flexibility index (Phi) is 6.56. The molecule has 0 saturated carbocycles. The highest BCUT2D eigenvalue weighted by Crippen LogP contribution is 2.29. The Hall–Kier alpha value is -2.92. The number of hydrogen-bond acceptors (Lipinski definition) is 4. The third-order valence-electron chi connectivity index (χ3n) is 2.21. The Morgan fingerprint density at radius 2 is 1.29 bits per heavy atom. The Labute approximate surface area is 118 Å². The molecule has 0 bridgehead atoms. The smallest absolute Gasteiger partial charge is 0.172 e. The Morgan fingerprint density at radius 1 is 0.905 bits per heavy atom. The quantitative estimate of drug-likeness (QED) is 0.515. The first-order valence-electron chi connectivity index (χ1n) is 5.54. The van der Waals surface area contributed by atoms with Crippen LogP contribution in [0.4, 0.5) is 17.6 Å². The van der Waals surface area contributed by atoms with E-state index in [2.05, 4.69) is 0 Å². The minimum Gasteiger partial charge on any atom is -0.289 e. The lowest BCUT2D eigenvalue weighted by atomic mass is 9.96. The van der Waals surface area contributed by atoms with Gasteiger partial charge in [0.1, 0.15) is 11.8 Å². The summed E-state index contributed by atoms with van der Waals surface area (Å²) in [6, 6.07) is 3.38. The van der Waals surface area contributed by atoms with Crippen molar-refractivity contribution in [1.29, 1.82) is 21.2 Å². The van der Waals surface area contributed by atoms with Crippen molar-refractivity contribution in [3.63, 3.8) is 0 Å². The molecule has 0 aliphatic rings. The fourth-order valence-electron chi connectivity index (χ4n) is 1.34. The minimum atomic E-state index is -2.05. The molecule has 1 aromatic carbocycles. The standard InChI is InChI=1S/C11H2F4N4.C2H6/c12-8-6(4(1-16)2-17)9(13)11(15)7(10(8)14)5(19)3-18;1-2/h4,19H;1-2H3. The van der Waals surface area contributed by atoms with Gasteiger partial charge < -0.3 is 0 Å². The molecule has 0 aliphatic heterocycles. The van der Waals surface area contributed by atoms with Crippen LogP contribution < -0.4 is 0 Å². The van der Waals surface area contributed by atoms with Crippen LogP contribution in [-0.4, -0.2) is 5.71 Å². The third kappa shape index (κ3) is 3.16. The number of benzene rings is 1. The molecule has 0 aliphatic carbocycles. The number of rotatable bonds is 2. The number of nitrogens with one attached hydrogen (secondary N) is 1. The summed E-state index contributed by atoms with van der Waals surface area (Å²) >= 11 is 0. The molecule has 0 amide bonds. The largest absolute Gasteiger partial charge is 0.289 e. The second-order valence-electron chi connectivity index (χ2n) is 3.22. The zero-order valence-electron chi connectivity index (χ0n) is 10.9. The van der Waals surface area contributed by atoms with E-state index in [4.69, 9.17) is 21.2 Å². The van der Waals surface area contributed by atoms with Gasteiger partial charge in [-0.1, -0.05) is 13.8 Å². The van der Waals surface area contributed by atoms with Gasteiger partial charge in [0.2, 0.25) is 0 Å². The van der Waals surface area contributed by atoms with Crippen LogP contribution in [0.1, 0.15) is 30.9 Å². The van der Waals surface area contributed by atoms with Crippen molar-refractivity contribution < 1.29 is 17.6 Å². The maximum Gasteiger partial charge on any atom is 0.172 e. The molecule has 108 valence electrons. The van der Waals surface area contributed by atoms with Gasteiger partial charge in [-0.3, -0.25) is 5.41 Å². The zero-order valence-corrected chi connectivity index (χ0v) is 10.9. The van der Waals surface area contributed by atoms with Gasteiger partial charge in [0.05, 0.1) is 23.3 Å². The Balaban J connectivity index is 0.00000191. The maximum atomic E-state index is 13.5. The molecule has 0 unspecified atom stereocenters. The van der Waals surface area contributed by atoms with E-state index >= 15 is 0 Å². The second-order valence-corrected chi connectivity index (χ2v) is 3.22. The minimum absolute atomic E-state index is 1.03. The van der Waals surface area contributed by atoms with Crippen LogP contribution >= 0.6 is 0 Å². The topological polar surface area (TPSA) is 95.2 Å². The molecule has 0 atom stereocenters. The van der Waals surface area contributed by atoms with Crippen LogP contribution in [0.2, 0.25) is 0 Å². The summed E-state index contributed by atoms with van der Waals surface area (Å²) in [6.07, 6.45) is 0. The van der Waals surface area contributed by atoms with E-state index in [0.29, 0.717) is 0 Å². The SMILES string of the molecule is CC.N#CC(=N)c1c(F)c(F)c(C(C#N)C#N)c(F)c1F. The van der Waals surface area contributed by atoms with Gasteiger partial charge in [-0.05, 0) is 0 Å². The zero-order chi connectivity index (χ0) is 16.7. The van der Waals surface area contributed by atoms with Crippen molar-refractivity contribution in [3.05, 3.63) is 34.4 Å². The average Bonchev–Trinajstić information content (AvgIpc) is 2.51.